The zero-order valence-electron chi connectivity index (χ0n) is 14.7. The van der Waals surface area contributed by atoms with Crippen molar-refractivity contribution in [3.05, 3.63) is 0 Å². The number of rotatable bonds is 2. The first-order valence-electron chi connectivity index (χ1n) is 9.71. The van der Waals surface area contributed by atoms with Gasteiger partial charge >= 0.3 is 0 Å². The van der Waals surface area contributed by atoms with Crippen molar-refractivity contribution in [1.82, 2.24) is 0 Å². The highest BCUT2D eigenvalue weighted by atomic mass is 16.5. The largest absolute Gasteiger partial charge is 0.387 e. The molecule has 4 saturated carbocycles. The van der Waals surface area contributed by atoms with Crippen molar-refractivity contribution in [2.24, 2.45) is 35.0 Å². The summed E-state index contributed by atoms with van der Waals surface area (Å²) in [6, 6.07) is 0. The van der Waals surface area contributed by atoms with Gasteiger partial charge in [0, 0.05) is 18.9 Å². The highest BCUT2D eigenvalue weighted by molar-refractivity contribution is 5.87. The van der Waals surface area contributed by atoms with Gasteiger partial charge in [0.1, 0.15) is 5.78 Å². The van der Waals surface area contributed by atoms with Gasteiger partial charge in [-0.3, -0.25) is 4.79 Å². The third kappa shape index (κ3) is 2.41. The van der Waals surface area contributed by atoms with E-state index in [2.05, 4.69) is 6.92 Å². The van der Waals surface area contributed by atoms with Gasteiger partial charge in [-0.25, -0.2) is 0 Å². The van der Waals surface area contributed by atoms with Crippen molar-refractivity contribution in [2.75, 3.05) is 13.7 Å². The van der Waals surface area contributed by atoms with E-state index in [-0.39, 0.29) is 5.41 Å². The van der Waals surface area contributed by atoms with Crippen LogP contribution in [0.15, 0.2) is 0 Å². The zero-order valence-corrected chi connectivity index (χ0v) is 14.7. The molecule has 0 aliphatic heterocycles. The molecule has 1 unspecified atom stereocenters. The third-order valence-electron chi connectivity index (χ3n) is 8.23. The molecule has 0 amide bonds. The van der Waals surface area contributed by atoms with Crippen molar-refractivity contribution in [3.63, 3.8) is 0 Å². The normalized spacial score (nSPS) is 52.7. The van der Waals surface area contributed by atoms with Crippen LogP contribution >= 0.6 is 0 Å². The summed E-state index contributed by atoms with van der Waals surface area (Å²) in [5.74, 6) is 4.23. The van der Waals surface area contributed by atoms with Crippen molar-refractivity contribution in [1.29, 1.82) is 0 Å². The number of ketones is 1. The summed E-state index contributed by atoms with van der Waals surface area (Å²) < 4.78 is 5.27. The lowest BCUT2D eigenvalue weighted by molar-refractivity contribution is -0.138. The maximum absolute atomic E-state index is 12.4. The highest BCUT2D eigenvalue weighted by Gasteiger charge is 2.57. The summed E-state index contributed by atoms with van der Waals surface area (Å²) in [4.78, 5) is 12.4. The second-order valence-electron chi connectivity index (χ2n) is 9.25. The van der Waals surface area contributed by atoms with Gasteiger partial charge in [0.2, 0.25) is 0 Å². The van der Waals surface area contributed by atoms with Crippen LogP contribution in [0.3, 0.4) is 0 Å². The molecule has 0 spiro atoms. The monoisotopic (exact) mass is 320 g/mol. The molecule has 0 aromatic rings. The average Bonchev–Trinajstić information content (AvgIpc) is 2.82. The summed E-state index contributed by atoms with van der Waals surface area (Å²) in [5, 5.41) is 10.8. The summed E-state index contributed by atoms with van der Waals surface area (Å²) in [6.45, 7) is 2.74. The fourth-order valence-electron chi connectivity index (χ4n) is 7.13. The molecule has 3 nitrogen and oxygen atoms in total. The minimum Gasteiger partial charge on any atom is -0.387 e. The lowest BCUT2D eigenvalue weighted by atomic mass is 9.50. The van der Waals surface area contributed by atoms with Crippen LogP contribution in [0.2, 0.25) is 0 Å². The van der Waals surface area contributed by atoms with Gasteiger partial charge in [0.25, 0.3) is 0 Å². The fourth-order valence-corrected chi connectivity index (χ4v) is 7.13. The van der Waals surface area contributed by atoms with Crippen molar-refractivity contribution < 1.29 is 14.6 Å². The predicted octanol–water partition coefficient (Wildman–Crippen LogP) is 3.59. The Hall–Kier alpha value is -0.410. The van der Waals surface area contributed by atoms with E-state index in [1.807, 2.05) is 0 Å². The highest BCUT2D eigenvalue weighted by Crippen LogP contribution is 2.61. The minimum absolute atomic E-state index is 0.000538. The van der Waals surface area contributed by atoms with Gasteiger partial charge in [-0.1, -0.05) is 6.92 Å². The molecular weight excluding hydrogens is 288 g/mol. The second kappa shape index (κ2) is 5.56. The van der Waals surface area contributed by atoms with Gasteiger partial charge in [-0.05, 0) is 81.0 Å². The summed E-state index contributed by atoms with van der Waals surface area (Å²) in [5.41, 5.74) is -0.589. The molecule has 4 fully saturated rings. The Kier molecular flexibility index (Phi) is 3.88. The van der Waals surface area contributed by atoms with E-state index >= 15 is 0 Å². The van der Waals surface area contributed by atoms with Crippen molar-refractivity contribution in [3.8, 4) is 0 Å². The van der Waals surface area contributed by atoms with Gasteiger partial charge in [0.15, 0.2) is 0 Å². The molecular formula is C20H32O3. The smallest absolute Gasteiger partial charge is 0.139 e. The number of hydrogen-bond acceptors (Lipinski definition) is 3. The van der Waals surface area contributed by atoms with E-state index in [1.54, 1.807) is 7.11 Å². The van der Waals surface area contributed by atoms with Gasteiger partial charge in [0.05, 0.1) is 12.2 Å². The molecule has 1 N–H and O–H groups in total. The lowest BCUT2D eigenvalue weighted by Gasteiger charge is -2.55. The molecule has 0 saturated heterocycles. The second-order valence-corrected chi connectivity index (χ2v) is 9.25. The van der Waals surface area contributed by atoms with Crippen LogP contribution in [-0.4, -0.2) is 30.2 Å². The Bertz CT molecular complexity index is 489. The number of carbonyl (C=O) groups excluding carboxylic acids is 1. The van der Waals surface area contributed by atoms with E-state index < -0.39 is 5.60 Å². The maximum atomic E-state index is 12.4. The minimum atomic E-state index is -0.588. The molecule has 130 valence electrons. The van der Waals surface area contributed by atoms with Crippen LogP contribution in [0.5, 0.6) is 0 Å². The van der Waals surface area contributed by atoms with Crippen LogP contribution in [0, 0.1) is 35.0 Å². The molecule has 0 aromatic heterocycles. The van der Waals surface area contributed by atoms with Gasteiger partial charge in [-0.2, -0.15) is 0 Å². The van der Waals surface area contributed by atoms with Crippen LogP contribution < -0.4 is 0 Å². The Morgan fingerprint density at radius 3 is 2.65 bits per heavy atom. The quantitative estimate of drug-likeness (QED) is 0.846. The lowest BCUT2D eigenvalue weighted by Crippen LogP contribution is -2.52. The molecule has 0 bridgehead atoms. The topological polar surface area (TPSA) is 46.5 Å². The zero-order chi connectivity index (χ0) is 16.2. The molecule has 7 atom stereocenters. The predicted molar refractivity (Wildman–Crippen MR) is 88.9 cm³/mol. The SMILES string of the molecule is COC[C@@]1(O)CC[C@@H]2C3CC[C@]4(C)C(=O)CC[C@H]4[C@@H]3CC[C@@H]2C1. The Morgan fingerprint density at radius 2 is 1.87 bits per heavy atom. The molecule has 0 heterocycles. The first kappa shape index (κ1) is 16.1. The Morgan fingerprint density at radius 1 is 1.09 bits per heavy atom. The van der Waals surface area contributed by atoms with E-state index in [4.69, 9.17) is 4.74 Å². The van der Waals surface area contributed by atoms with E-state index in [0.717, 1.165) is 56.3 Å². The van der Waals surface area contributed by atoms with Crippen LogP contribution in [0.1, 0.15) is 64.7 Å². The molecule has 4 aliphatic rings. The van der Waals surface area contributed by atoms with E-state index in [0.29, 0.717) is 24.2 Å². The van der Waals surface area contributed by atoms with Gasteiger partial charge in [-0.15, -0.1) is 0 Å². The maximum Gasteiger partial charge on any atom is 0.139 e. The number of carbonyl (C=O) groups is 1. The van der Waals surface area contributed by atoms with Crippen molar-refractivity contribution >= 4 is 5.78 Å². The number of hydrogen-bond donors (Lipinski definition) is 1. The van der Waals surface area contributed by atoms with Crippen LogP contribution in [-0.2, 0) is 9.53 Å². The van der Waals surface area contributed by atoms with Crippen LogP contribution in [0.25, 0.3) is 0 Å². The average molecular weight is 320 g/mol. The van der Waals surface area contributed by atoms with Crippen molar-refractivity contribution in [2.45, 2.75) is 70.3 Å². The fraction of sp³-hybridized carbons (Fsp3) is 0.950. The third-order valence-corrected chi connectivity index (χ3v) is 8.23. The Labute approximate surface area is 140 Å². The number of methoxy groups -OCH3 is 1. The van der Waals surface area contributed by atoms with Crippen LogP contribution in [0.4, 0.5) is 0 Å². The summed E-state index contributed by atoms with van der Waals surface area (Å²) >= 11 is 0. The number of ether oxygens (including phenoxy) is 1. The standard InChI is InChI=1S/C20H32O3/c1-19-9-7-15-14-8-10-20(22,12-23-2)11-13(14)3-4-16(15)17(19)5-6-18(19)21/h13-17,22H,3-12H2,1-2H3/t13-,14+,15?,16-,17+,19+,20-/m1/s1. The first-order valence-corrected chi connectivity index (χ1v) is 9.71. The van der Waals surface area contributed by atoms with Gasteiger partial charge < -0.3 is 9.84 Å². The Balaban J connectivity index is 1.51. The number of Topliss-reactive ketones (excluding diaryl/α,β-unsaturated/α-hetero) is 1. The molecule has 23 heavy (non-hydrogen) atoms. The molecule has 3 heteroatoms. The molecule has 4 rings (SSSR count). The molecule has 0 aromatic carbocycles. The summed E-state index contributed by atoms with van der Waals surface area (Å²) in [6.07, 6.45) is 9.83. The summed E-state index contributed by atoms with van der Waals surface area (Å²) in [7, 11) is 1.69. The molecule has 4 aliphatic carbocycles. The van der Waals surface area contributed by atoms with E-state index in [1.165, 1.54) is 19.3 Å². The number of aliphatic hydroxyl groups is 1. The van der Waals surface area contributed by atoms with E-state index in [9.17, 15) is 9.90 Å². The number of fused-ring (bicyclic) bond motifs is 5. The molecule has 0 radical (unpaired) electrons. The first-order chi connectivity index (χ1) is 11.0.